The van der Waals surface area contributed by atoms with Crippen LogP contribution in [0.3, 0.4) is 0 Å². The maximum Gasteiger partial charge on any atom is 0.387 e. The predicted octanol–water partition coefficient (Wildman–Crippen LogP) is 3.39. The summed E-state index contributed by atoms with van der Waals surface area (Å²) >= 11 is 2.48. The minimum absolute atomic E-state index is 0.0180. The predicted molar refractivity (Wildman–Crippen MR) is 98.5 cm³/mol. The lowest BCUT2D eigenvalue weighted by atomic mass is 10.3. The van der Waals surface area contributed by atoms with Crippen LogP contribution in [0.25, 0.3) is 0 Å². The molecule has 1 saturated carbocycles. The molecule has 0 spiro atoms. The molecule has 0 bridgehead atoms. The number of amides is 2. The highest BCUT2D eigenvalue weighted by Gasteiger charge is 2.34. The van der Waals surface area contributed by atoms with E-state index in [0.717, 1.165) is 12.8 Å². The van der Waals surface area contributed by atoms with Crippen LogP contribution in [-0.4, -0.2) is 40.4 Å². The molecule has 1 aliphatic rings. The van der Waals surface area contributed by atoms with Crippen LogP contribution in [0.15, 0.2) is 28.6 Å². The van der Waals surface area contributed by atoms with Crippen molar-refractivity contribution in [1.82, 2.24) is 10.2 Å². The van der Waals surface area contributed by atoms with Gasteiger partial charge in [-0.2, -0.15) is 8.78 Å². The summed E-state index contributed by atoms with van der Waals surface area (Å²) in [5.74, 6) is -0.218. The molecule has 1 N–H and O–H groups in total. The minimum Gasteiger partial charge on any atom is -0.435 e. The third-order valence-corrected chi connectivity index (χ3v) is 5.60. The second-order valence-corrected chi connectivity index (χ2v) is 7.89. The topological polar surface area (TPSA) is 84.4 Å². The number of carbonyl (C=O) groups excluding carboxylic acids is 2. The van der Waals surface area contributed by atoms with Gasteiger partial charge in [-0.05, 0) is 37.1 Å². The van der Waals surface area contributed by atoms with Crippen molar-refractivity contribution < 1.29 is 23.1 Å². The van der Waals surface area contributed by atoms with E-state index < -0.39 is 6.61 Å². The molecule has 0 atom stereocenters. The molecule has 11 heteroatoms. The van der Waals surface area contributed by atoms with E-state index in [1.165, 1.54) is 54.3 Å². The molecule has 0 aliphatic heterocycles. The van der Waals surface area contributed by atoms with Gasteiger partial charge in [0.1, 0.15) is 5.75 Å². The number of halogens is 2. The van der Waals surface area contributed by atoms with Gasteiger partial charge in [0, 0.05) is 18.7 Å². The van der Waals surface area contributed by atoms with Gasteiger partial charge in [0.25, 0.3) is 0 Å². The Kier molecular flexibility index (Phi) is 6.22. The van der Waals surface area contributed by atoms with E-state index in [4.69, 9.17) is 0 Å². The molecule has 27 heavy (non-hydrogen) atoms. The molecule has 3 rings (SSSR count). The van der Waals surface area contributed by atoms with Gasteiger partial charge in [-0.3, -0.25) is 14.5 Å². The number of nitrogens with zero attached hydrogens (tertiary/aromatic N) is 3. The van der Waals surface area contributed by atoms with Crippen molar-refractivity contribution in [2.24, 2.45) is 0 Å². The van der Waals surface area contributed by atoms with Gasteiger partial charge in [0.05, 0.1) is 5.75 Å². The standard InChI is InChI=1S/C16H16F2N4O3S2/c1-9(23)22(11-4-5-11)15-20-21-16(27-15)26-8-13(24)19-10-2-6-12(7-3-10)25-14(17)18/h2-3,6-7,11,14H,4-5,8H2,1H3,(H,19,24). The zero-order valence-electron chi connectivity index (χ0n) is 14.2. The number of rotatable bonds is 8. The smallest absolute Gasteiger partial charge is 0.387 e. The first-order valence-corrected chi connectivity index (χ1v) is 9.83. The number of carbonyl (C=O) groups is 2. The third-order valence-electron chi connectivity index (χ3n) is 3.54. The summed E-state index contributed by atoms with van der Waals surface area (Å²) < 4.78 is 29.1. The zero-order valence-corrected chi connectivity index (χ0v) is 15.9. The highest BCUT2D eigenvalue weighted by Crippen LogP contribution is 2.35. The molecule has 1 aromatic heterocycles. The quantitative estimate of drug-likeness (QED) is 0.527. The number of nitrogens with one attached hydrogen (secondary N) is 1. The number of anilines is 2. The molecule has 2 amide bonds. The van der Waals surface area contributed by atoms with Crippen LogP contribution >= 0.6 is 23.1 Å². The fourth-order valence-corrected chi connectivity index (χ4v) is 4.04. The average Bonchev–Trinajstić information content (AvgIpc) is 3.32. The van der Waals surface area contributed by atoms with E-state index in [0.29, 0.717) is 15.2 Å². The van der Waals surface area contributed by atoms with Crippen LogP contribution < -0.4 is 15.0 Å². The molecule has 0 radical (unpaired) electrons. The minimum atomic E-state index is -2.89. The largest absolute Gasteiger partial charge is 0.435 e. The van der Waals surface area contributed by atoms with Crippen molar-refractivity contribution >= 4 is 45.7 Å². The van der Waals surface area contributed by atoms with Crippen LogP contribution in [0.4, 0.5) is 19.6 Å². The fraction of sp³-hybridized carbons (Fsp3) is 0.375. The summed E-state index contributed by atoms with van der Waals surface area (Å²) in [6, 6.07) is 5.85. The van der Waals surface area contributed by atoms with E-state index in [2.05, 4.69) is 20.3 Å². The van der Waals surface area contributed by atoms with Gasteiger partial charge in [0.15, 0.2) is 4.34 Å². The Hall–Kier alpha value is -2.27. The Labute approximate surface area is 162 Å². The molecular formula is C16H16F2N4O3S2. The van der Waals surface area contributed by atoms with Gasteiger partial charge in [-0.1, -0.05) is 23.1 Å². The molecule has 0 unspecified atom stereocenters. The summed E-state index contributed by atoms with van der Waals surface area (Å²) in [6.45, 7) is -1.39. The molecule has 1 fully saturated rings. The van der Waals surface area contributed by atoms with Crippen LogP contribution in [0.5, 0.6) is 5.75 Å². The molecule has 7 nitrogen and oxygen atoms in total. The maximum atomic E-state index is 12.1. The average molecular weight is 414 g/mol. The molecular weight excluding hydrogens is 398 g/mol. The molecule has 1 aromatic carbocycles. The van der Waals surface area contributed by atoms with E-state index >= 15 is 0 Å². The highest BCUT2D eigenvalue weighted by atomic mass is 32.2. The van der Waals surface area contributed by atoms with Gasteiger partial charge in [-0.15, -0.1) is 10.2 Å². The van der Waals surface area contributed by atoms with Crippen molar-refractivity contribution in [3.63, 3.8) is 0 Å². The first kappa shape index (κ1) is 19.5. The Morgan fingerprint density at radius 1 is 1.33 bits per heavy atom. The van der Waals surface area contributed by atoms with Crippen molar-refractivity contribution in [1.29, 1.82) is 0 Å². The van der Waals surface area contributed by atoms with E-state index in [9.17, 15) is 18.4 Å². The fourth-order valence-electron chi connectivity index (χ4n) is 2.28. The summed E-state index contributed by atoms with van der Waals surface area (Å²) in [7, 11) is 0. The number of alkyl halides is 2. The third kappa shape index (κ3) is 5.60. The lowest BCUT2D eigenvalue weighted by molar-refractivity contribution is -0.116. The van der Waals surface area contributed by atoms with E-state index in [1.807, 2.05) is 0 Å². The zero-order chi connectivity index (χ0) is 19.4. The summed E-state index contributed by atoms with van der Waals surface area (Å²) in [5.41, 5.74) is 0.469. The lowest BCUT2D eigenvalue weighted by Gasteiger charge is -2.15. The number of aromatic nitrogens is 2. The van der Waals surface area contributed by atoms with Crippen molar-refractivity contribution in [3.05, 3.63) is 24.3 Å². The number of ether oxygens (including phenoxy) is 1. The SMILES string of the molecule is CC(=O)N(c1nnc(SCC(=O)Nc2ccc(OC(F)F)cc2)s1)C1CC1. The van der Waals surface area contributed by atoms with E-state index in [-0.39, 0.29) is 29.4 Å². The van der Waals surface area contributed by atoms with E-state index in [1.54, 1.807) is 4.90 Å². The number of benzene rings is 1. The molecule has 0 saturated heterocycles. The highest BCUT2D eigenvalue weighted by molar-refractivity contribution is 8.01. The van der Waals surface area contributed by atoms with Crippen LogP contribution in [0.2, 0.25) is 0 Å². The molecule has 2 aromatic rings. The van der Waals surface area contributed by atoms with Gasteiger partial charge in [-0.25, -0.2) is 0 Å². The van der Waals surface area contributed by atoms with Crippen molar-refractivity contribution in [2.75, 3.05) is 16.0 Å². The summed E-state index contributed by atoms with van der Waals surface area (Å²) in [6.07, 6.45) is 1.93. The van der Waals surface area contributed by atoms with Crippen LogP contribution in [0.1, 0.15) is 19.8 Å². The second kappa shape index (κ2) is 8.61. The lowest BCUT2D eigenvalue weighted by Crippen LogP contribution is -2.30. The molecule has 1 aliphatic carbocycles. The normalized spacial score (nSPS) is 13.5. The Balaban J connectivity index is 1.50. The maximum absolute atomic E-state index is 12.1. The molecule has 144 valence electrons. The first-order valence-electron chi connectivity index (χ1n) is 8.03. The van der Waals surface area contributed by atoms with Crippen molar-refractivity contribution in [2.45, 2.75) is 36.8 Å². The number of hydrogen-bond donors (Lipinski definition) is 1. The van der Waals surface area contributed by atoms with Gasteiger partial charge >= 0.3 is 6.61 Å². The monoisotopic (exact) mass is 414 g/mol. The first-order chi connectivity index (χ1) is 12.9. The number of hydrogen-bond acceptors (Lipinski definition) is 7. The number of thioether (sulfide) groups is 1. The summed E-state index contributed by atoms with van der Waals surface area (Å²) in [5, 5.41) is 11.3. The Morgan fingerprint density at radius 3 is 2.63 bits per heavy atom. The Morgan fingerprint density at radius 2 is 2.04 bits per heavy atom. The summed E-state index contributed by atoms with van der Waals surface area (Å²) in [4.78, 5) is 25.4. The van der Waals surface area contributed by atoms with Crippen molar-refractivity contribution in [3.8, 4) is 5.75 Å². The Bertz CT molecular complexity index is 812. The van der Waals surface area contributed by atoms with Crippen LogP contribution in [0, 0.1) is 0 Å². The van der Waals surface area contributed by atoms with Gasteiger partial charge < -0.3 is 10.1 Å². The second-order valence-electron chi connectivity index (χ2n) is 5.71. The van der Waals surface area contributed by atoms with Crippen LogP contribution in [-0.2, 0) is 9.59 Å². The molecule has 1 heterocycles. The van der Waals surface area contributed by atoms with Gasteiger partial charge in [0.2, 0.25) is 16.9 Å².